The normalized spacial score (nSPS) is 16.1. The third kappa shape index (κ3) is 4.05. The number of thiocarbonyl (C=S) groups is 1. The Balaban J connectivity index is 2.02. The summed E-state index contributed by atoms with van der Waals surface area (Å²) in [7, 11) is 3.13. The van der Waals surface area contributed by atoms with E-state index in [2.05, 4.69) is 16.0 Å². The minimum atomic E-state index is -0.508. The molecule has 0 saturated heterocycles. The Kier molecular flexibility index (Phi) is 6.06. The van der Waals surface area contributed by atoms with E-state index < -0.39 is 6.04 Å². The smallest absolute Gasteiger partial charge is 0.255 e. The number of allylic oxidation sites excluding steroid dienone is 1. The first kappa shape index (κ1) is 20.0. The van der Waals surface area contributed by atoms with Gasteiger partial charge in [0.15, 0.2) is 16.6 Å². The van der Waals surface area contributed by atoms with Gasteiger partial charge in [-0.2, -0.15) is 0 Å². The van der Waals surface area contributed by atoms with Crippen molar-refractivity contribution in [2.45, 2.75) is 13.0 Å². The molecule has 2 aromatic carbocycles. The number of halogens is 1. The first-order chi connectivity index (χ1) is 13.4. The molecule has 1 aliphatic heterocycles. The number of ether oxygens (including phenoxy) is 2. The Morgan fingerprint density at radius 3 is 2.50 bits per heavy atom. The average molecular weight is 418 g/mol. The van der Waals surface area contributed by atoms with E-state index in [9.17, 15) is 4.79 Å². The minimum Gasteiger partial charge on any atom is -0.493 e. The number of anilines is 1. The molecule has 1 aliphatic rings. The van der Waals surface area contributed by atoms with Gasteiger partial charge in [-0.25, -0.2) is 0 Å². The molecule has 1 amide bonds. The molecule has 28 heavy (non-hydrogen) atoms. The minimum absolute atomic E-state index is 0.266. The standard InChI is InChI=1S/C20H20ClN3O3S/c1-11-16(19(25)23-13-9-7-12(21)8-10-13)17(24-20(28)22-11)14-5-4-6-15(26-2)18(14)27-3/h4-10,17H,1-3H3,(H,23,25)(H2,22,24,28)/t17-/m0/s1. The molecule has 0 radical (unpaired) electrons. The lowest BCUT2D eigenvalue weighted by Crippen LogP contribution is -2.45. The van der Waals surface area contributed by atoms with Crippen LogP contribution in [0.3, 0.4) is 0 Å². The molecular weight excluding hydrogens is 398 g/mol. The summed E-state index contributed by atoms with van der Waals surface area (Å²) in [6.45, 7) is 1.81. The molecule has 3 rings (SSSR count). The van der Waals surface area contributed by atoms with Gasteiger partial charge in [-0.1, -0.05) is 23.7 Å². The number of para-hydroxylation sites is 1. The van der Waals surface area contributed by atoms with Crippen LogP contribution in [0.2, 0.25) is 5.02 Å². The van der Waals surface area contributed by atoms with Crippen LogP contribution in [0.4, 0.5) is 5.69 Å². The second-order valence-electron chi connectivity index (χ2n) is 6.11. The van der Waals surface area contributed by atoms with E-state index in [4.69, 9.17) is 33.3 Å². The zero-order chi connectivity index (χ0) is 20.3. The van der Waals surface area contributed by atoms with Gasteiger partial charge in [0.05, 0.1) is 25.8 Å². The lowest BCUT2D eigenvalue weighted by molar-refractivity contribution is -0.113. The van der Waals surface area contributed by atoms with E-state index in [1.165, 1.54) is 0 Å². The molecule has 0 bridgehead atoms. The summed E-state index contributed by atoms with van der Waals surface area (Å²) in [4.78, 5) is 13.1. The first-order valence-electron chi connectivity index (χ1n) is 8.50. The fourth-order valence-corrected chi connectivity index (χ4v) is 3.50. The van der Waals surface area contributed by atoms with E-state index in [1.54, 1.807) is 44.6 Å². The van der Waals surface area contributed by atoms with Crippen LogP contribution in [-0.2, 0) is 4.79 Å². The predicted molar refractivity (Wildman–Crippen MR) is 114 cm³/mol. The van der Waals surface area contributed by atoms with Gasteiger partial charge in [0.1, 0.15) is 0 Å². The summed E-state index contributed by atoms with van der Waals surface area (Å²) < 4.78 is 10.9. The van der Waals surface area contributed by atoms with Crippen LogP contribution in [-0.4, -0.2) is 25.2 Å². The van der Waals surface area contributed by atoms with E-state index in [0.29, 0.717) is 38.6 Å². The van der Waals surface area contributed by atoms with E-state index in [0.717, 1.165) is 5.56 Å². The van der Waals surface area contributed by atoms with Gasteiger partial charge >= 0.3 is 0 Å². The van der Waals surface area contributed by atoms with Crippen molar-refractivity contribution < 1.29 is 14.3 Å². The van der Waals surface area contributed by atoms with Crippen LogP contribution < -0.4 is 25.4 Å². The molecule has 0 fully saturated rings. The lowest BCUT2D eigenvalue weighted by atomic mass is 9.94. The highest BCUT2D eigenvalue weighted by Crippen LogP contribution is 2.39. The van der Waals surface area contributed by atoms with Crippen molar-refractivity contribution in [3.63, 3.8) is 0 Å². The number of methoxy groups -OCH3 is 2. The zero-order valence-electron chi connectivity index (χ0n) is 15.6. The van der Waals surface area contributed by atoms with Gasteiger partial charge in [0.2, 0.25) is 0 Å². The third-order valence-corrected chi connectivity index (χ3v) is 4.83. The molecule has 3 N–H and O–H groups in total. The Hall–Kier alpha value is -2.77. The van der Waals surface area contributed by atoms with Crippen LogP contribution in [0.1, 0.15) is 18.5 Å². The molecular formula is C20H20ClN3O3S. The summed E-state index contributed by atoms with van der Waals surface area (Å²) in [6.07, 6.45) is 0. The highest BCUT2D eigenvalue weighted by atomic mass is 35.5. The monoisotopic (exact) mass is 417 g/mol. The Morgan fingerprint density at radius 1 is 1.14 bits per heavy atom. The largest absolute Gasteiger partial charge is 0.493 e. The summed E-state index contributed by atoms with van der Waals surface area (Å²) in [6, 6.07) is 11.9. The third-order valence-electron chi connectivity index (χ3n) is 4.36. The molecule has 146 valence electrons. The number of benzene rings is 2. The quantitative estimate of drug-likeness (QED) is 0.643. The molecule has 8 heteroatoms. The van der Waals surface area contributed by atoms with Crippen molar-refractivity contribution in [3.05, 3.63) is 64.3 Å². The number of carbonyl (C=O) groups is 1. The van der Waals surface area contributed by atoms with Crippen molar-refractivity contribution in [2.24, 2.45) is 0 Å². The summed E-state index contributed by atoms with van der Waals surface area (Å²) >= 11 is 11.2. The van der Waals surface area contributed by atoms with Gasteiger partial charge in [0, 0.05) is 22.0 Å². The van der Waals surface area contributed by atoms with Gasteiger partial charge in [0.25, 0.3) is 5.91 Å². The molecule has 1 heterocycles. The van der Waals surface area contributed by atoms with Gasteiger partial charge < -0.3 is 25.4 Å². The highest BCUT2D eigenvalue weighted by Gasteiger charge is 2.32. The summed E-state index contributed by atoms with van der Waals surface area (Å²) in [5.74, 6) is 0.843. The van der Waals surface area contributed by atoms with Crippen molar-refractivity contribution >= 4 is 40.5 Å². The number of rotatable bonds is 5. The van der Waals surface area contributed by atoms with E-state index in [-0.39, 0.29) is 5.91 Å². The molecule has 2 aromatic rings. The second-order valence-corrected chi connectivity index (χ2v) is 6.96. The fourth-order valence-electron chi connectivity index (χ4n) is 3.10. The number of amides is 1. The summed E-state index contributed by atoms with van der Waals surface area (Å²) in [5.41, 5.74) is 2.53. The van der Waals surface area contributed by atoms with Gasteiger partial charge in [-0.3, -0.25) is 4.79 Å². The molecule has 6 nitrogen and oxygen atoms in total. The molecule has 0 spiro atoms. The Morgan fingerprint density at radius 2 is 1.86 bits per heavy atom. The maximum atomic E-state index is 13.1. The van der Waals surface area contributed by atoms with Crippen LogP contribution in [0.25, 0.3) is 0 Å². The molecule has 0 aliphatic carbocycles. The van der Waals surface area contributed by atoms with Crippen molar-refractivity contribution in [1.82, 2.24) is 10.6 Å². The Labute approximate surface area is 173 Å². The number of hydrogen-bond donors (Lipinski definition) is 3. The highest BCUT2D eigenvalue weighted by molar-refractivity contribution is 7.80. The molecule has 1 atom stereocenters. The summed E-state index contributed by atoms with van der Waals surface area (Å²) in [5, 5.41) is 10.1. The van der Waals surface area contributed by atoms with Gasteiger partial charge in [-0.05, 0) is 49.5 Å². The SMILES string of the molecule is COc1cccc([C@@H]2NC(=S)NC(C)=C2C(=O)Nc2ccc(Cl)cc2)c1OC. The lowest BCUT2D eigenvalue weighted by Gasteiger charge is -2.31. The predicted octanol–water partition coefficient (Wildman–Crippen LogP) is 3.79. The van der Waals surface area contributed by atoms with Crippen LogP contribution in [0.5, 0.6) is 11.5 Å². The van der Waals surface area contributed by atoms with E-state index >= 15 is 0 Å². The number of nitrogens with one attached hydrogen (secondary N) is 3. The maximum Gasteiger partial charge on any atom is 0.255 e. The topological polar surface area (TPSA) is 71.6 Å². The molecule has 0 aromatic heterocycles. The molecule has 0 unspecified atom stereocenters. The van der Waals surface area contributed by atoms with Crippen LogP contribution >= 0.6 is 23.8 Å². The number of hydrogen-bond acceptors (Lipinski definition) is 4. The fraction of sp³-hybridized carbons (Fsp3) is 0.200. The average Bonchev–Trinajstić information content (AvgIpc) is 2.68. The van der Waals surface area contributed by atoms with Gasteiger partial charge in [-0.15, -0.1) is 0 Å². The Bertz CT molecular complexity index is 944. The molecule has 0 saturated carbocycles. The zero-order valence-corrected chi connectivity index (χ0v) is 17.2. The maximum absolute atomic E-state index is 13.1. The van der Waals surface area contributed by atoms with Crippen LogP contribution in [0, 0.1) is 0 Å². The van der Waals surface area contributed by atoms with Crippen molar-refractivity contribution in [1.29, 1.82) is 0 Å². The van der Waals surface area contributed by atoms with Crippen molar-refractivity contribution in [2.75, 3.05) is 19.5 Å². The number of carbonyl (C=O) groups excluding carboxylic acids is 1. The van der Waals surface area contributed by atoms with Crippen molar-refractivity contribution in [3.8, 4) is 11.5 Å². The van der Waals surface area contributed by atoms with Crippen LogP contribution in [0.15, 0.2) is 53.7 Å². The van der Waals surface area contributed by atoms with E-state index in [1.807, 2.05) is 19.1 Å². The second kappa shape index (κ2) is 8.50. The first-order valence-corrected chi connectivity index (χ1v) is 9.29.